The summed E-state index contributed by atoms with van der Waals surface area (Å²) in [5.74, 6) is 1.12. The van der Waals surface area contributed by atoms with Crippen LogP contribution in [0.4, 0.5) is 5.82 Å². The Kier molecular flexibility index (Phi) is 10.3. The molecule has 1 amide bonds. The van der Waals surface area contributed by atoms with Gasteiger partial charge in [0, 0.05) is 51.5 Å². The molecule has 2 heterocycles. The van der Waals surface area contributed by atoms with Gasteiger partial charge in [0.25, 0.3) is 0 Å². The van der Waals surface area contributed by atoms with Crippen molar-refractivity contribution in [3.05, 3.63) is 65.5 Å². The van der Waals surface area contributed by atoms with E-state index in [4.69, 9.17) is 20.2 Å². The van der Waals surface area contributed by atoms with E-state index in [2.05, 4.69) is 9.55 Å². The van der Waals surface area contributed by atoms with Crippen LogP contribution in [0.2, 0.25) is 0 Å². The van der Waals surface area contributed by atoms with Gasteiger partial charge in [-0.1, -0.05) is 42.5 Å². The van der Waals surface area contributed by atoms with Crippen LogP contribution < -0.4 is 5.73 Å². The summed E-state index contributed by atoms with van der Waals surface area (Å²) in [6.45, 7) is 2.96. The summed E-state index contributed by atoms with van der Waals surface area (Å²) in [5.41, 5.74) is 10.7. The van der Waals surface area contributed by atoms with Crippen LogP contribution in [0.15, 0.2) is 48.5 Å². The number of nitrogens with two attached hydrogens (primary N) is 1. The molecule has 0 saturated carbocycles. The number of amides is 1. The number of fused-ring (bicyclic) bond motifs is 3. The Morgan fingerprint density at radius 1 is 0.976 bits per heavy atom. The fraction of sp³-hybridized carbons (Fsp3) is 0.419. The van der Waals surface area contributed by atoms with E-state index >= 15 is 0 Å². The van der Waals surface area contributed by atoms with Gasteiger partial charge in [-0.05, 0) is 37.7 Å². The van der Waals surface area contributed by atoms with Gasteiger partial charge in [0.2, 0.25) is 5.91 Å². The topological polar surface area (TPSA) is 116 Å². The van der Waals surface area contributed by atoms with E-state index in [-0.39, 0.29) is 18.3 Å². The Hall–Kier alpha value is -4.02. The number of para-hydroxylation sites is 1. The lowest BCUT2D eigenvalue weighted by molar-refractivity contribution is -0.139. The number of rotatable bonds is 14. The summed E-state index contributed by atoms with van der Waals surface area (Å²) in [5, 5.41) is 0.999. The number of ether oxygens (including phenoxy) is 2. The Morgan fingerprint density at radius 3 is 2.41 bits per heavy atom. The molecule has 41 heavy (non-hydrogen) atoms. The number of imidazole rings is 1. The van der Waals surface area contributed by atoms with Crippen LogP contribution >= 0.6 is 0 Å². The highest BCUT2D eigenvalue weighted by molar-refractivity contribution is 6.06. The van der Waals surface area contributed by atoms with Gasteiger partial charge in [-0.25, -0.2) is 9.97 Å². The third-order valence-electron chi connectivity index (χ3n) is 7.13. The largest absolute Gasteiger partial charge is 0.469 e. The van der Waals surface area contributed by atoms with Crippen molar-refractivity contribution in [1.29, 1.82) is 0 Å². The van der Waals surface area contributed by atoms with E-state index in [0.29, 0.717) is 57.0 Å². The van der Waals surface area contributed by atoms with Gasteiger partial charge in [-0.15, -0.1) is 0 Å². The molecule has 2 N–H and O–H groups in total. The minimum Gasteiger partial charge on any atom is -0.469 e. The van der Waals surface area contributed by atoms with Crippen molar-refractivity contribution in [3.8, 4) is 0 Å². The lowest BCUT2D eigenvalue weighted by Gasteiger charge is -2.24. The van der Waals surface area contributed by atoms with Crippen molar-refractivity contribution < 1.29 is 19.1 Å². The summed E-state index contributed by atoms with van der Waals surface area (Å²) in [6.07, 6.45) is 2.03. The van der Waals surface area contributed by atoms with Crippen molar-refractivity contribution in [2.75, 3.05) is 53.7 Å². The van der Waals surface area contributed by atoms with Gasteiger partial charge in [0.15, 0.2) is 5.82 Å². The van der Waals surface area contributed by atoms with Gasteiger partial charge in [-0.2, -0.15) is 0 Å². The molecule has 0 bridgehead atoms. The van der Waals surface area contributed by atoms with Gasteiger partial charge < -0.3 is 29.6 Å². The molecule has 4 rings (SSSR count). The SMILES string of the molecule is COCCc1nc2c(N)nc3ccccc3c2n1CCCN(Cc1ccc(CC(=O)OC)cc1)C(=O)CCN(C)C. The first-order valence-corrected chi connectivity index (χ1v) is 13.9. The number of carbonyl (C=O) groups is 2. The third-order valence-corrected chi connectivity index (χ3v) is 7.13. The molecular formula is C31H40N6O4. The van der Waals surface area contributed by atoms with E-state index in [1.165, 1.54) is 7.11 Å². The fourth-order valence-corrected chi connectivity index (χ4v) is 4.94. The normalized spacial score (nSPS) is 11.4. The highest BCUT2D eigenvalue weighted by atomic mass is 16.5. The van der Waals surface area contributed by atoms with E-state index in [1.807, 2.05) is 72.4 Å². The zero-order valence-electron chi connectivity index (χ0n) is 24.4. The number of anilines is 1. The maximum Gasteiger partial charge on any atom is 0.309 e. The van der Waals surface area contributed by atoms with Crippen molar-refractivity contribution in [2.45, 2.75) is 38.8 Å². The van der Waals surface area contributed by atoms with Crippen LogP contribution in [0.5, 0.6) is 0 Å². The average molecular weight is 561 g/mol. The van der Waals surface area contributed by atoms with Crippen LogP contribution in [0.1, 0.15) is 29.8 Å². The number of esters is 1. The van der Waals surface area contributed by atoms with E-state index < -0.39 is 0 Å². The first-order valence-electron chi connectivity index (χ1n) is 13.9. The summed E-state index contributed by atoms with van der Waals surface area (Å²) in [6, 6.07) is 15.7. The van der Waals surface area contributed by atoms with Gasteiger partial charge in [0.05, 0.1) is 31.2 Å². The molecule has 2 aromatic heterocycles. The van der Waals surface area contributed by atoms with E-state index in [0.717, 1.165) is 39.8 Å². The summed E-state index contributed by atoms with van der Waals surface area (Å²) >= 11 is 0. The first kappa shape index (κ1) is 30.0. The number of pyridine rings is 1. The molecule has 10 heteroatoms. The molecule has 10 nitrogen and oxygen atoms in total. The lowest BCUT2D eigenvalue weighted by Crippen LogP contribution is -2.34. The summed E-state index contributed by atoms with van der Waals surface area (Å²) in [4.78, 5) is 38.3. The van der Waals surface area contributed by atoms with Crippen molar-refractivity contribution >= 4 is 39.6 Å². The quantitative estimate of drug-likeness (QED) is 0.233. The Morgan fingerprint density at radius 2 is 1.71 bits per heavy atom. The highest BCUT2D eigenvalue weighted by Crippen LogP contribution is 2.29. The minimum atomic E-state index is -0.277. The molecule has 0 atom stereocenters. The lowest BCUT2D eigenvalue weighted by atomic mass is 10.1. The van der Waals surface area contributed by atoms with Gasteiger partial charge in [-0.3, -0.25) is 9.59 Å². The first-order chi connectivity index (χ1) is 19.8. The molecule has 218 valence electrons. The second kappa shape index (κ2) is 14.0. The molecule has 0 radical (unpaired) electrons. The van der Waals surface area contributed by atoms with Crippen molar-refractivity contribution in [2.24, 2.45) is 0 Å². The number of benzene rings is 2. The third kappa shape index (κ3) is 7.59. The smallest absolute Gasteiger partial charge is 0.309 e. The van der Waals surface area contributed by atoms with Crippen LogP contribution in [0.3, 0.4) is 0 Å². The zero-order valence-corrected chi connectivity index (χ0v) is 24.4. The zero-order chi connectivity index (χ0) is 29.4. The van der Waals surface area contributed by atoms with Crippen molar-refractivity contribution in [1.82, 2.24) is 24.3 Å². The molecule has 0 spiro atoms. The highest BCUT2D eigenvalue weighted by Gasteiger charge is 2.19. The van der Waals surface area contributed by atoms with E-state index in [9.17, 15) is 9.59 Å². The maximum absolute atomic E-state index is 13.3. The second-order valence-electron chi connectivity index (χ2n) is 10.4. The molecule has 0 fully saturated rings. The average Bonchev–Trinajstić information content (AvgIpc) is 3.34. The van der Waals surface area contributed by atoms with Crippen LogP contribution in [-0.4, -0.2) is 84.2 Å². The van der Waals surface area contributed by atoms with E-state index in [1.54, 1.807) is 7.11 Å². The number of methoxy groups -OCH3 is 2. The number of nitrogen functional groups attached to an aromatic ring is 1. The number of nitrogens with zero attached hydrogens (tertiary/aromatic N) is 5. The minimum absolute atomic E-state index is 0.103. The second-order valence-corrected chi connectivity index (χ2v) is 10.4. The standard InChI is InChI=1S/C31H40N6O4/c1-35(2)18-14-27(38)36(21-23-12-10-22(11-13-23)20-28(39)41-4)16-7-17-37-26(15-19-40-3)34-29-30(37)24-8-5-6-9-25(24)33-31(29)32/h5-6,8-13H,7,14-21H2,1-4H3,(H2,32,33). The molecule has 0 unspecified atom stereocenters. The molecule has 2 aromatic carbocycles. The van der Waals surface area contributed by atoms with Gasteiger partial charge in [0.1, 0.15) is 11.3 Å². The molecule has 0 saturated heterocycles. The Bertz CT molecular complexity index is 1480. The monoisotopic (exact) mass is 560 g/mol. The summed E-state index contributed by atoms with van der Waals surface area (Å²) in [7, 11) is 7.00. The Labute approximate surface area is 241 Å². The van der Waals surface area contributed by atoms with Crippen LogP contribution in [0.25, 0.3) is 21.9 Å². The molecule has 0 aliphatic rings. The number of aromatic nitrogens is 3. The number of aryl methyl sites for hydroxylation is 1. The number of carbonyl (C=O) groups excluding carboxylic acids is 2. The van der Waals surface area contributed by atoms with Crippen LogP contribution in [-0.2, 0) is 45.0 Å². The number of hydrogen-bond acceptors (Lipinski definition) is 8. The predicted molar refractivity (Wildman–Crippen MR) is 160 cm³/mol. The molecular weight excluding hydrogens is 520 g/mol. The maximum atomic E-state index is 13.3. The van der Waals surface area contributed by atoms with Crippen LogP contribution in [0, 0.1) is 0 Å². The molecule has 4 aromatic rings. The predicted octanol–water partition coefficient (Wildman–Crippen LogP) is 3.44. The molecule has 0 aliphatic heterocycles. The fourth-order valence-electron chi connectivity index (χ4n) is 4.94. The van der Waals surface area contributed by atoms with Gasteiger partial charge >= 0.3 is 5.97 Å². The molecule has 0 aliphatic carbocycles. The Balaban J connectivity index is 1.56. The summed E-state index contributed by atoms with van der Waals surface area (Å²) < 4.78 is 12.3. The number of hydrogen-bond donors (Lipinski definition) is 1. The van der Waals surface area contributed by atoms with Crippen molar-refractivity contribution in [3.63, 3.8) is 0 Å².